The fourth-order valence-electron chi connectivity index (χ4n) is 4.65. The minimum atomic E-state index is -0.449. The van der Waals surface area contributed by atoms with E-state index in [1.807, 2.05) is 6.07 Å². The van der Waals surface area contributed by atoms with Gasteiger partial charge >= 0.3 is 5.97 Å². The number of carbonyl (C=O) groups is 2. The van der Waals surface area contributed by atoms with Crippen LogP contribution in [0.5, 0.6) is 0 Å². The summed E-state index contributed by atoms with van der Waals surface area (Å²) in [6.45, 7) is 7.74. The first-order valence-electron chi connectivity index (χ1n) is 11.5. The highest BCUT2D eigenvalue weighted by Crippen LogP contribution is 2.54. The minimum absolute atomic E-state index is 0.0615. The van der Waals surface area contributed by atoms with E-state index in [4.69, 9.17) is 4.84 Å². The number of oxime groups is 1. The first kappa shape index (κ1) is 22.9. The molecule has 1 aliphatic carbocycles. The van der Waals surface area contributed by atoms with Crippen molar-refractivity contribution in [1.82, 2.24) is 0 Å². The minimum Gasteiger partial charge on any atom is -0.318 e. The Hall–Kier alpha value is -2.75. The molecule has 1 aliphatic rings. The Morgan fingerprint density at radius 1 is 0.903 bits per heavy atom. The fraction of sp³-hybridized carbons (Fsp3) is 0.444. The van der Waals surface area contributed by atoms with Gasteiger partial charge in [-0.1, -0.05) is 88.0 Å². The molecule has 31 heavy (non-hydrogen) atoms. The molecule has 3 rings (SSSR count). The third kappa shape index (κ3) is 4.48. The first-order chi connectivity index (χ1) is 15.0. The lowest BCUT2D eigenvalue weighted by Crippen LogP contribution is -2.26. The van der Waals surface area contributed by atoms with E-state index < -0.39 is 5.97 Å². The normalized spacial score (nSPS) is 14.1. The SMILES string of the molecule is CCCCC1(CCCC)c2ccccc2-c2ccc(C(=O)/C(C)=N\OC(=O)CC)cc21. The molecule has 0 aromatic heterocycles. The van der Waals surface area contributed by atoms with E-state index in [0.29, 0.717) is 5.56 Å². The number of carbonyl (C=O) groups excluding carboxylic acids is 2. The average Bonchev–Trinajstić information content (AvgIpc) is 3.08. The summed E-state index contributed by atoms with van der Waals surface area (Å²) in [5, 5.41) is 3.76. The zero-order valence-electron chi connectivity index (χ0n) is 19.2. The van der Waals surface area contributed by atoms with Crippen LogP contribution in [-0.2, 0) is 15.0 Å². The van der Waals surface area contributed by atoms with Gasteiger partial charge in [0.1, 0.15) is 5.71 Å². The summed E-state index contributed by atoms with van der Waals surface area (Å²) in [5.74, 6) is -0.655. The standard InChI is InChI=1S/C27H33NO3/c1-5-8-16-27(17-9-6-2)23-13-11-10-12-21(23)22-15-14-20(18-24(22)27)26(30)19(4)28-31-25(29)7-3/h10-15,18H,5-9,16-17H2,1-4H3/b28-19-. The second-order valence-corrected chi connectivity index (χ2v) is 8.42. The van der Waals surface area contributed by atoms with Gasteiger partial charge in [0.25, 0.3) is 0 Å². The lowest BCUT2D eigenvalue weighted by Gasteiger charge is -2.32. The molecule has 0 radical (unpaired) electrons. The molecule has 2 aromatic rings. The number of fused-ring (bicyclic) bond motifs is 3. The Bertz CT molecular complexity index is 982. The molecule has 0 amide bonds. The van der Waals surface area contributed by atoms with Crippen LogP contribution in [0.25, 0.3) is 11.1 Å². The van der Waals surface area contributed by atoms with Gasteiger partial charge in [-0.15, -0.1) is 0 Å². The number of benzene rings is 2. The fourth-order valence-corrected chi connectivity index (χ4v) is 4.65. The van der Waals surface area contributed by atoms with Crippen molar-refractivity contribution in [3.05, 3.63) is 59.2 Å². The van der Waals surface area contributed by atoms with Crippen molar-refractivity contribution < 1.29 is 14.4 Å². The second kappa shape index (κ2) is 10.0. The zero-order valence-corrected chi connectivity index (χ0v) is 19.2. The van der Waals surface area contributed by atoms with E-state index in [1.165, 1.54) is 22.3 Å². The van der Waals surface area contributed by atoms with Crippen molar-refractivity contribution in [2.45, 2.75) is 78.1 Å². The van der Waals surface area contributed by atoms with E-state index in [-0.39, 0.29) is 23.3 Å². The zero-order chi connectivity index (χ0) is 22.4. The number of hydrogen-bond donors (Lipinski definition) is 0. The molecule has 0 atom stereocenters. The largest absolute Gasteiger partial charge is 0.334 e. The maximum Gasteiger partial charge on any atom is 0.334 e. The van der Waals surface area contributed by atoms with Crippen molar-refractivity contribution >= 4 is 17.5 Å². The first-order valence-corrected chi connectivity index (χ1v) is 11.5. The van der Waals surface area contributed by atoms with Crippen molar-refractivity contribution in [3.8, 4) is 11.1 Å². The van der Waals surface area contributed by atoms with Gasteiger partial charge in [0.05, 0.1) is 0 Å². The van der Waals surface area contributed by atoms with Crippen LogP contribution >= 0.6 is 0 Å². The monoisotopic (exact) mass is 419 g/mol. The van der Waals surface area contributed by atoms with Gasteiger partial charge in [-0.05, 0) is 48.1 Å². The number of Topliss-reactive ketones (excluding diaryl/α,β-unsaturated/α-hetero) is 1. The molecule has 0 unspecified atom stereocenters. The number of rotatable bonds is 10. The quantitative estimate of drug-likeness (QED) is 0.183. The highest BCUT2D eigenvalue weighted by atomic mass is 16.7. The van der Waals surface area contributed by atoms with Crippen LogP contribution < -0.4 is 0 Å². The van der Waals surface area contributed by atoms with Crippen LogP contribution in [0.15, 0.2) is 47.6 Å². The molecule has 0 fully saturated rings. The number of hydrogen-bond acceptors (Lipinski definition) is 4. The second-order valence-electron chi connectivity index (χ2n) is 8.42. The lowest BCUT2D eigenvalue weighted by molar-refractivity contribution is -0.143. The third-order valence-corrected chi connectivity index (χ3v) is 6.35. The van der Waals surface area contributed by atoms with Gasteiger partial charge in [-0.3, -0.25) is 4.79 Å². The summed E-state index contributed by atoms with van der Waals surface area (Å²) in [5.41, 5.74) is 5.87. The molecule has 0 spiro atoms. The Kier molecular flexibility index (Phi) is 7.42. The van der Waals surface area contributed by atoms with E-state index in [1.54, 1.807) is 13.8 Å². The van der Waals surface area contributed by atoms with Crippen molar-refractivity contribution in [3.63, 3.8) is 0 Å². The number of nitrogens with zero attached hydrogens (tertiary/aromatic N) is 1. The van der Waals surface area contributed by atoms with Crippen molar-refractivity contribution in [1.29, 1.82) is 0 Å². The summed E-state index contributed by atoms with van der Waals surface area (Å²) in [6.07, 6.45) is 6.93. The van der Waals surface area contributed by atoms with E-state index in [2.05, 4.69) is 55.4 Å². The van der Waals surface area contributed by atoms with E-state index in [0.717, 1.165) is 38.5 Å². The maximum atomic E-state index is 13.0. The van der Waals surface area contributed by atoms with Gasteiger partial charge < -0.3 is 4.84 Å². The molecule has 0 bridgehead atoms. The van der Waals surface area contributed by atoms with Crippen LogP contribution in [0.3, 0.4) is 0 Å². The highest BCUT2D eigenvalue weighted by Gasteiger charge is 2.42. The van der Waals surface area contributed by atoms with Crippen LogP contribution in [0.4, 0.5) is 0 Å². The number of ketones is 1. The molecule has 4 nitrogen and oxygen atoms in total. The van der Waals surface area contributed by atoms with Gasteiger partial charge in [0, 0.05) is 17.4 Å². The summed E-state index contributed by atoms with van der Waals surface area (Å²) in [4.78, 5) is 29.2. The third-order valence-electron chi connectivity index (χ3n) is 6.35. The van der Waals surface area contributed by atoms with Gasteiger partial charge in [0.2, 0.25) is 5.78 Å². The van der Waals surface area contributed by atoms with Crippen molar-refractivity contribution in [2.24, 2.45) is 5.16 Å². The molecular formula is C27H33NO3. The Balaban J connectivity index is 2.07. The predicted octanol–water partition coefficient (Wildman–Crippen LogP) is 6.85. The van der Waals surface area contributed by atoms with Crippen LogP contribution in [0.2, 0.25) is 0 Å². The van der Waals surface area contributed by atoms with Gasteiger partial charge in [0.15, 0.2) is 0 Å². The summed E-state index contributed by atoms with van der Waals surface area (Å²) in [7, 11) is 0. The molecule has 0 saturated heterocycles. The van der Waals surface area contributed by atoms with Gasteiger partial charge in [-0.2, -0.15) is 0 Å². The molecular weight excluding hydrogens is 386 g/mol. The molecule has 2 aromatic carbocycles. The molecule has 0 saturated carbocycles. The smallest absolute Gasteiger partial charge is 0.318 e. The van der Waals surface area contributed by atoms with Crippen LogP contribution in [0.1, 0.15) is 94.1 Å². The maximum absolute atomic E-state index is 13.0. The van der Waals surface area contributed by atoms with Crippen LogP contribution in [-0.4, -0.2) is 17.5 Å². The molecule has 0 heterocycles. The summed E-state index contributed by atoms with van der Waals surface area (Å²) in [6, 6.07) is 14.7. The molecule has 0 N–H and O–H groups in total. The van der Waals surface area contributed by atoms with E-state index in [9.17, 15) is 9.59 Å². The summed E-state index contributed by atoms with van der Waals surface area (Å²) >= 11 is 0. The Labute approximate surface area is 185 Å². The van der Waals surface area contributed by atoms with Gasteiger partial charge in [-0.25, -0.2) is 4.79 Å². The van der Waals surface area contributed by atoms with Crippen molar-refractivity contribution in [2.75, 3.05) is 0 Å². The molecule has 0 aliphatic heterocycles. The predicted molar refractivity (Wildman–Crippen MR) is 126 cm³/mol. The Morgan fingerprint density at radius 2 is 1.55 bits per heavy atom. The summed E-state index contributed by atoms with van der Waals surface area (Å²) < 4.78 is 0. The Morgan fingerprint density at radius 3 is 2.19 bits per heavy atom. The number of unbranched alkanes of at least 4 members (excludes halogenated alkanes) is 2. The average molecular weight is 420 g/mol. The lowest BCUT2D eigenvalue weighted by atomic mass is 9.70. The van der Waals surface area contributed by atoms with E-state index >= 15 is 0 Å². The highest BCUT2D eigenvalue weighted by molar-refractivity contribution is 6.45. The topological polar surface area (TPSA) is 55.7 Å². The van der Waals surface area contributed by atoms with Crippen LogP contribution in [0, 0.1) is 0 Å². The molecule has 164 valence electrons. The molecule has 4 heteroatoms.